The Morgan fingerprint density at radius 2 is 1.91 bits per heavy atom. The largest absolute Gasteiger partial charge is 0.368 e. The first-order valence-corrected chi connectivity index (χ1v) is 10.6. The molecule has 0 atom stereocenters. The average Bonchev–Trinajstić information content (AvgIpc) is 2.82. The van der Waals surface area contributed by atoms with Gasteiger partial charge in [0.2, 0.25) is 0 Å². The fraction of sp³-hybridized carbons (Fsp3) is 0.364. The summed E-state index contributed by atoms with van der Waals surface area (Å²) in [5, 5.41) is 1.34. The zero-order valence-corrected chi connectivity index (χ0v) is 18.3. The van der Waals surface area contributed by atoms with Gasteiger partial charge in [-0.15, -0.1) is 0 Å². The smallest absolute Gasteiger partial charge is 0.269 e. The van der Waals surface area contributed by atoms with Gasteiger partial charge in [-0.1, -0.05) is 6.92 Å². The molecule has 0 aromatic carbocycles. The number of nitrogens with one attached hydrogen (secondary N) is 2. The molecule has 10 heteroatoms. The van der Waals surface area contributed by atoms with Gasteiger partial charge in [-0.25, -0.2) is 4.98 Å². The van der Waals surface area contributed by atoms with Gasteiger partial charge < -0.3 is 20.1 Å². The first-order chi connectivity index (χ1) is 15.3. The van der Waals surface area contributed by atoms with Crippen molar-refractivity contribution in [3.8, 4) is 0 Å². The van der Waals surface area contributed by atoms with E-state index in [2.05, 4.69) is 25.2 Å². The van der Waals surface area contributed by atoms with Crippen molar-refractivity contribution in [2.75, 3.05) is 38.1 Å². The molecule has 4 radical (unpaired) electrons. The van der Waals surface area contributed by atoms with Crippen molar-refractivity contribution in [3.05, 3.63) is 63.8 Å². The van der Waals surface area contributed by atoms with E-state index in [9.17, 15) is 9.59 Å². The Bertz CT molecular complexity index is 1190. The second kappa shape index (κ2) is 8.78. The number of hydrogen-bond donors (Lipinski definition) is 2. The Labute approximate surface area is 189 Å². The number of H-pyrrole nitrogens is 1. The van der Waals surface area contributed by atoms with E-state index in [1.54, 1.807) is 37.6 Å². The molecule has 1 aliphatic rings. The van der Waals surface area contributed by atoms with E-state index in [4.69, 9.17) is 15.7 Å². The molecule has 2 N–H and O–H groups in total. The van der Waals surface area contributed by atoms with Crippen LogP contribution < -0.4 is 15.8 Å². The van der Waals surface area contributed by atoms with Crippen molar-refractivity contribution in [2.45, 2.75) is 18.7 Å². The van der Waals surface area contributed by atoms with Gasteiger partial charge in [0.15, 0.2) is 0 Å². The first kappa shape index (κ1) is 22.1. The summed E-state index contributed by atoms with van der Waals surface area (Å²) in [5.74, 6) is -0.214. The molecule has 0 saturated carbocycles. The number of piperazine rings is 1. The number of pyridine rings is 3. The lowest BCUT2D eigenvalue weighted by Crippen LogP contribution is -2.56. The Hall–Kier alpha value is -3.13. The van der Waals surface area contributed by atoms with Crippen LogP contribution in [0.5, 0.6) is 0 Å². The number of aromatic nitrogens is 3. The molecule has 0 aliphatic carbocycles. The SMILES string of the molecule is [B]C([B])(c1cnc2cc(CC)c(=O)[nH]c2c1)N1CCN(c2ccc(C(=O)NC)nc2)CC1. The van der Waals surface area contributed by atoms with E-state index >= 15 is 0 Å². The molecule has 1 saturated heterocycles. The van der Waals surface area contributed by atoms with E-state index in [1.165, 1.54) is 0 Å². The van der Waals surface area contributed by atoms with E-state index in [0.29, 0.717) is 60.5 Å². The molecule has 4 rings (SSSR count). The predicted octanol–water partition coefficient (Wildman–Crippen LogP) is 0.510. The third-order valence-electron chi connectivity index (χ3n) is 5.99. The van der Waals surface area contributed by atoms with Gasteiger partial charge in [0.05, 0.1) is 38.6 Å². The van der Waals surface area contributed by atoms with Crippen molar-refractivity contribution in [2.24, 2.45) is 0 Å². The lowest BCUT2D eigenvalue weighted by atomic mass is 9.57. The van der Waals surface area contributed by atoms with Gasteiger partial charge in [-0.2, -0.15) is 0 Å². The third kappa shape index (κ3) is 4.14. The summed E-state index contributed by atoms with van der Waals surface area (Å²) >= 11 is 0. The highest BCUT2D eigenvalue weighted by Gasteiger charge is 2.31. The molecular formula is C22H24B2N6O2. The highest BCUT2D eigenvalue weighted by atomic mass is 16.1. The van der Waals surface area contributed by atoms with Gasteiger partial charge in [-0.05, 0) is 41.6 Å². The normalized spacial score (nSPS) is 15.1. The Kier molecular flexibility index (Phi) is 6.06. The zero-order chi connectivity index (χ0) is 22.9. The van der Waals surface area contributed by atoms with Crippen LogP contribution in [-0.4, -0.2) is 74.7 Å². The number of amides is 1. The van der Waals surface area contributed by atoms with E-state index in [-0.39, 0.29) is 11.5 Å². The molecule has 1 aliphatic heterocycles. The molecule has 1 amide bonds. The molecule has 3 aromatic heterocycles. The number of nitrogens with zero attached hydrogens (tertiary/aromatic N) is 4. The van der Waals surface area contributed by atoms with E-state index < -0.39 is 5.34 Å². The summed E-state index contributed by atoms with van der Waals surface area (Å²) in [6.07, 6.45) is 4.02. The fourth-order valence-electron chi connectivity index (χ4n) is 3.96. The molecule has 8 nitrogen and oxygen atoms in total. The van der Waals surface area contributed by atoms with Gasteiger partial charge >= 0.3 is 0 Å². The predicted molar refractivity (Wildman–Crippen MR) is 126 cm³/mol. The Morgan fingerprint density at radius 1 is 1.16 bits per heavy atom. The summed E-state index contributed by atoms with van der Waals surface area (Å²) in [6.45, 7) is 4.60. The molecule has 32 heavy (non-hydrogen) atoms. The quantitative estimate of drug-likeness (QED) is 0.578. The van der Waals surface area contributed by atoms with Crippen molar-refractivity contribution in [3.63, 3.8) is 0 Å². The lowest BCUT2D eigenvalue weighted by molar-refractivity contribution is 0.0958. The molecular weight excluding hydrogens is 402 g/mol. The molecule has 3 aromatic rings. The van der Waals surface area contributed by atoms with Crippen LogP contribution >= 0.6 is 0 Å². The highest BCUT2D eigenvalue weighted by molar-refractivity contribution is 6.39. The monoisotopic (exact) mass is 426 g/mol. The summed E-state index contributed by atoms with van der Waals surface area (Å²) < 4.78 is 0. The summed E-state index contributed by atoms with van der Waals surface area (Å²) in [6, 6.07) is 7.20. The maximum Gasteiger partial charge on any atom is 0.269 e. The third-order valence-corrected chi connectivity index (χ3v) is 5.99. The van der Waals surface area contributed by atoms with Gasteiger partial charge in [0.1, 0.15) is 5.69 Å². The van der Waals surface area contributed by atoms with Crippen LogP contribution in [0.1, 0.15) is 28.5 Å². The van der Waals surface area contributed by atoms with Crippen LogP contribution in [0.25, 0.3) is 11.0 Å². The minimum atomic E-state index is -1.23. The number of carbonyl (C=O) groups is 1. The van der Waals surface area contributed by atoms with Crippen molar-refractivity contribution in [1.82, 2.24) is 25.2 Å². The number of aromatic amines is 1. The van der Waals surface area contributed by atoms with Crippen LogP contribution in [-0.2, 0) is 11.8 Å². The van der Waals surface area contributed by atoms with Crippen LogP contribution in [0.15, 0.2) is 41.5 Å². The second-order valence-corrected chi connectivity index (χ2v) is 7.91. The standard InChI is InChI=1S/C22H24B2N6O2/c1-3-14-10-18-19(28-20(14)31)11-15(12-26-18)22(23,24)30-8-6-29(7-9-30)16-4-5-17(27-13-16)21(32)25-2/h4-5,10-13H,3,6-9H2,1-2H3,(H,25,32)(H,28,31). The van der Waals surface area contributed by atoms with E-state index in [0.717, 1.165) is 5.69 Å². The summed E-state index contributed by atoms with van der Waals surface area (Å²) in [7, 11) is 14.7. The number of rotatable bonds is 5. The number of fused-ring (bicyclic) bond motifs is 1. The zero-order valence-electron chi connectivity index (χ0n) is 18.3. The molecule has 0 unspecified atom stereocenters. The van der Waals surface area contributed by atoms with Crippen LogP contribution in [0, 0.1) is 0 Å². The fourth-order valence-corrected chi connectivity index (χ4v) is 3.96. The summed E-state index contributed by atoms with van der Waals surface area (Å²) in [5.41, 5.74) is 3.85. The average molecular weight is 426 g/mol. The van der Waals surface area contributed by atoms with Crippen LogP contribution in [0.2, 0.25) is 0 Å². The first-order valence-electron chi connectivity index (χ1n) is 10.6. The summed E-state index contributed by atoms with van der Waals surface area (Å²) in [4.78, 5) is 39.6. The molecule has 0 bridgehead atoms. The van der Waals surface area contributed by atoms with Gasteiger partial charge in [0, 0.05) is 45.0 Å². The topological polar surface area (TPSA) is 94.2 Å². The number of aryl methyl sites for hydroxylation is 1. The Balaban J connectivity index is 1.48. The maximum atomic E-state index is 12.2. The molecule has 0 spiro atoms. The van der Waals surface area contributed by atoms with Crippen LogP contribution in [0.4, 0.5) is 5.69 Å². The number of anilines is 1. The minimum absolute atomic E-state index is 0.122. The van der Waals surface area contributed by atoms with Crippen molar-refractivity contribution < 1.29 is 4.79 Å². The van der Waals surface area contributed by atoms with E-state index in [1.807, 2.05) is 17.9 Å². The number of hydrogen-bond acceptors (Lipinski definition) is 6. The highest BCUT2D eigenvalue weighted by Crippen LogP contribution is 2.26. The molecule has 160 valence electrons. The maximum absolute atomic E-state index is 12.2. The molecule has 4 heterocycles. The molecule has 1 fully saturated rings. The minimum Gasteiger partial charge on any atom is -0.368 e. The Morgan fingerprint density at radius 3 is 2.53 bits per heavy atom. The van der Waals surface area contributed by atoms with Gasteiger partial charge in [0.25, 0.3) is 11.5 Å². The van der Waals surface area contributed by atoms with Crippen LogP contribution in [0.3, 0.4) is 0 Å². The van der Waals surface area contributed by atoms with Crippen molar-refractivity contribution in [1.29, 1.82) is 0 Å². The second-order valence-electron chi connectivity index (χ2n) is 7.91. The van der Waals surface area contributed by atoms with Crippen molar-refractivity contribution >= 4 is 38.3 Å². The van der Waals surface area contributed by atoms with Gasteiger partial charge in [-0.3, -0.25) is 14.6 Å². The number of carbonyl (C=O) groups excluding carboxylic acids is 1. The lowest BCUT2D eigenvalue weighted by Gasteiger charge is -2.45.